The Bertz CT molecular complexity index is 2680. The van der Waals surface area contributed by atoms with Crippen molar-refractivity contribution in [1.82, 2.24) is 40.4 Å². The van der Waals surface area contributed by atoms with Crippen LogP contribution in [0.3, 0.4) is 0 Å². The number of aromatic amines is 2. The maximum absolute atomic E-state index is 14.3. The number of hydrogen-bond acceptors (Lipinski definition) is 10. The number of carbonyl (C=O) groups is 4. The molecule has 4 aromatic rings. The largest absolute Gasteiger partial charge is 0.453 e. The van der Waals surface area contributed by atoms with Gasteiger partial charge in [0.1, 0.15) is 23.7 Å². The van der Waals surface area contributed by atoms with E-state index in [4.69, 9.17) is 19.4 Å². The third-order valence-electron chi connectivity index (χ3n) is 16.5. The van der Waals surface area contributed by atoms with Gasteiger partial charge in [-0.3, -0.25) is 9.59 Å². The van der Waals surface area contributed by atoms with E-state index in [0.29, 0.717) is 36.5 Å². The minimum Gasteiger partial charge on any atom is -0.453 e. The summed E-state index contributed by atoms with van der Waals surface area (Å²) < 4.78 is 9.81. The van der Waals surface area contributed by atoms with Crippen LogP contribution in [0, 0.1) is 23.7 Å². The number of amides is 4. The molecule has 0 radical (unpaired) electrons. The third kappa shape index (κ3) is 9.91. The number of nitrogens with one attached hydrogen (secondary N) is 4. The summed E-state index contributed by atoms with van der Waals surface area (Å²) in [7, 11) is 2.66. The Morgan fingerprint density at radius 2 is 1.30 bits per heavy atom. The molecule has 71 heavy (non-hydrogen) atoms. The van der Waals surface area contributed by atoms with Crippen LogP contribution in [0.4, 0.5) is 9.59 Å². The lowest BCUT2D eigenvalue weighted by molar-refractivity contribution is -0.139. The van der Waals surface area contributed by atoms with Gasteiger partial charge in [-0.05, 0) is 164 Å². The highest BCUT2D eigenvalue weighted by Crippen LogP contribution is 2.52. The Kier molecular flexibility index (Phi) is 14.7. The molecule has 2 aromatic carbocycles. The number of alkyl carbamates (subject to hydrolysis) is 2. The zero-order valence-corrected chi connectivity index (χ0v) is 43.2. The van der Waals surface area contributed by atoms with Crippen molar-refractivity contribution in [3.05, 3.63) is 101 Å². The zero-order chi connectivity index (χ0) is 49.3. The molecule has 13 rings (SSSR count). The number of fused-ring (bicyclic) bond motifs is 4. The smallest absolute Gasteiger partial charge is 0.407 e. The van der Waals surface area contributed by atoms with Gasteiger partial charge in [-0.15, -0.1) is 0 Å². The fourth-order valence-corrected chi connectivity index (χ4v) is 13.8. The maximum atomic E-state index is 14.3. The molecule has 8 bridgehead atoms. The van der Waals surface area contributed by atoms with E-state index in [1.807, 2.05) is 34.7 Å². The minimum atomic E-state index is -0.650. The number of aromatic nitrogens is 4. The molecule has 4 fully saturated rings. The number of likely N-dealkylation sites (tertiary alicyclic amines) is 2. The highest BCUT2D eigenvalue weighted by atomic mass is 32.2. The highest BCUT2D eigenvalue weighted by molar-refractivity contribution is 7.98. The van der Waals surface area contributed by atoms with Gasteiger partial charge in [-0.25, -0.2) is 19.6 Å². The standard InChI is InChI=1S/C55H68N8O6S2/c1-31-24-37-9-7-32(25-43(37)47-30-57-51(59-47)49-39-17-19-41(27-39)63(49)53(65)45(21-23-71-5)61-55(67)69-3)6-8-33-12-15-36(31)28-42(33)34-10-13-35(14-11-34)46-29-56-50(58-46)48-38-16-18-40(26-38)62(48)52(64)44(20-22-70-4)60-54(66)68-2/h7,9-15,25,29-31,36,38-41,44-45,48-49H,6,8,16-24,26-28H2,1-5H3,(H,56,58)(H,57,59)(H,60,66)(H,61,67)/t31-,36-,38?,39?,40?,41?,44+,45+,48+,49+/m1/s1. The topological polar surface area (TPSA) is 175 Å². The number of thioether (sulfide) groups is 2. The predicted molar refractivity (Wildman–Crippen MR) is 279 cm³/mol. The maximum Gasteiger partial charge on any atom is 0.407 e. The first-order valence-electron chi connectivity index (χ1n) is 25.6. The zero-order valence-electron chi connectivity index (χ0n) is 41.6. The van der Waals surface area contributed by atoms with Crippen molar-refractivity contribution in [1.29, 1.82) is 0 Å². The number of carbonyl (C=O) groups excluding carboxylic acids is 4. The lowest BCUT2D eigenvalue weighted by Crippen LogP contribution is -2.52. The predicted octanol–water partition coefficient (Wildman–Crippen LogP) is 9.68. The third-order valence-corrected chi connectivity index (χ3v) is 17.8. The van der Waals surface area contributed by atoms with Crippen LogP contribution in [0.5, 0.6) is 0 Å². The molecule has 2 saturated heterocycles. The van der Waals surface area contributed by atoms with Gasteiger partial charge in [-0.1, -0.05) is 55.5 Å². The summed E-state index contributed by atoms with van der Waals surface area (Å²) in [5.74, 6) is 4.37. The monoisotopic (exact) mass is 1000 g/mol. The molecule has 16 heteroatoms. The van der Waals surface area contributed by atoms with Crippen molar-refractivity contribution in [2.45, 2.75) is 120 Å². The van der Waals surface area contributed by atoms with E-state index in [1.54, 1.807) is 23.5 Å². The SMILES string of the molecule is COC(=O)N[C@@H](CCSC)C(=O)N1C2CCC(C2)[C@H]1c1ncc(-c2ccc(C3=C4C=C[C@H](C3)[C@H](C)Cc3ccc(cc3-c3cnc([C@@H]5C6CCC(C6)N5C(=O)[C@H](CCSC)NC(=O)OC)[nH]3)CC4)cc2)[nH]1. The van der Waals surface area contributed by atoms with E-state index >= 15 is 0 Å². The Balaban J connectivity index is 0.862. The molecule has 2 saturated carbocycles. The number of methoxy groups -OCH3 is 2. The summed E-state index contributed by atoms with van der Waals surface area (Å²) >= 11 is 3.31. The summed E-state index contributed by atoms with van der Waals surface area (Å²) in [6.07, 6.45) is 22.2. The summed E-state index contributed by atoms with van der Waals surface area (Å²) in [6.45, 7) is 2.37. The number of benzene rings is 2. The van der Waals surface area contributed by atoms with Gasteiger partial charge in [0.15, 0.2) is 0 Å². The van der Waals surface area contributed by atoms with Gasteiger partial charge in [0.2, 0.25) is 11.8 Å². The second-order valence-electron chi connectivity index (χ2n) is 20.6. The number of hydrogen-bond donors (Lipinski definition) is 4. The van der Waals surface area contributed by atoms with Crippen LogP contribution >= 0.6 is 23.5 Å². The number of nitrogens with zero attached hydrogens (tertiary/aromatic N) is 4. The highest BCUT2D eigenvalue weighted by Gasteiger charge is 2.52. The normalized spacial score (nSPS) is 26.1. The van der Waals surface area contributed by atoms with Gasteiger partial charge in [0, 0.05) is 17.6 Å². The molecule has 4 unspecified atom stereocenters. The molecule has 4 amide bonds. The molecule has 9 aliphatic rings. The van der Waals surface area contributed by atoms with Gasteiger partial charge < -0.3 is 39.9 Å². The fourth-order valence-electron chi connectivity index (χ4n) is 12.9. The second kappa shape index (κ2) is 21.3. The molecule has 10 atom stereocenters. The van der Waals surface area contributed by atoms with Gasteiger partial charge >= 0.3 is 12.2 Å². The molecule has 2 aliphatic heterocycles. The summed E-state index contributed by atoms with van der Waals surface area (Å²) in [5, 5.41) is 5.64. The summed E-state index contributed by atoms with van der Waals surface area (Å²) in [6, 6.07) is 14.5. The molecular weight excluding hydrogens is 933 g/mol. The number of aryl methyl sites for hydroxylation is 1. The Morgan fingerprint density at radius 3 is 1.87 bits per heavy atom. The number of ether oxygens (including phenoxy) is 2. The van der Waals surface area contributed by atoms with Crippen molar-refractivity contribution in [3.63, 3.8) is 0 Å². The van der Waals surface area contributed by atoms with Crippen LogP contribution < -0.4 is 10.6 Å². The van der Waals surface area contributed by atoms with E-state index < -0.39 is 24.3 Å². The first kappa shape index (κ1) is 49.1. The second-order valence-corrected chi connectivity index (χ2v) is 22.6. The lowest BCUT2D eigenvalue weighted by atomic mass is 9.75. The number of rotatable bonds is 15. The van der Waals surface area contributed by atoms with Crippen molar-refractivity contribution < 1.29 is 28.7 Å². The molecule has 0 spiro atoms. The first-order valence-corrected chi connectivity index (χ1v) is 28.4. The molecule has 4 heterocycles. The fraction of sp³-hybridized carbons (Fsp3) is 0.527. The van der Waals surface area contributed by atoms with Crippen LogP contribution in [0.1, 0.15) is 112 Å². The van der Waals surface area contributed by atoms with E-state index in [2.05, 4.69) is 82.1 Å². The molecule has 4 N–H and O–H groups in total. The van der Waals surface area contributed by atoms with Crippen LogP contribution in [0.2, 0.25) is 0 Å². The van der Waals surface area contributed by atoms with E-state index in [0.717, 1.165) is 104 Å². The number of piperidine rings is 2. The number of allylic oxidation sites excluding steroid dienone is 4. The minimum absolute atomic E-state index is 0.0533. The van der Waals surface area contributed by atoms with Gasteiger partial charge in [0.05, 0.1) is 50.1 Å². The van der Waals surface area contributed by atoms with Crippen LogP contribution in [0.25, 0.3) is 28.1 Å². The Labute approximate surface area is 425 Å². The average molecular weight is 1000 g/mol. The first-order chi connectivity index (χ1) is 34.5. The van der Waals surface area contributed by atoms with Crippen molar-refractivity contribution in [2.75, 3.05) is 38.2 Å². The van der Waals surface area contributed by atoms with Crippen LogP contribution in [-0.2, 0) is 31.9 Å². The molecule has 2 aromatic heterocycles. The van der Waals surface area contributed by atoms with Crippen LogP contribution in [-0.4, -0.2) is 116 Å². The molecule has 14 nitrogen and oxygen atoms in total. The van der Waals surface area contributed by atoms with Crippen LogP contribution in [0.15, 0.2) is 72.6 Å². The summed E-state index contributed by atoms with van der Waals surface area (Å²) in [5.41, 5.74) is 10.7. The molecule has 376 valence electrons. The van der Waals surface area contributed by atoms with Gasteiger partial charge in [-0.2, -0.15) is 23.5 Å². The average Bonchev–Trinajstić information content (AvgIpc) is 4.28. The van der Waals surface area contributed by atoms with Crippen molar-refractivity contribution in [3.8, 4) is 22.5 Å². The quantitative estimate of drug-likeness (QED) is 0.0898. The van der Waals surface area contributed by atoms with Crippen molar-refractivity contribution in [2.24, 2.45) is 23.7 Å². The van der Waals surface area contributed by atoms with E-state index in [-0.39, 0.29) is 36.0 Å². The Morgan fingerprint density at radius 1 is 0.732 bits per heavy atom. The van der Waals surface area contributed by atoms with Crippen molar-refractivity contribution >= 4 is 53.1 Å². The Hall–Kier alpha value is -5.48. The van der Waals surface area contributed by atoms with E-state index in [1.165, 1.54) is 47.6 Å². The van der Waals surface area contributed by atoms with E-state index in [9.17, 15) is 19.2 Å². The molecule has 7 aliphatic carbocycles. The van der Waals surface area contributed by atoms with Gasteiger partial charge in [0.25, 0.3) is 0 Å². The molecular formula is C55H68N8O6S2. The lowest BCUT2D eigenvalue weighted by Gasteiger charge is -2.36. The number of H-pyrrole nitrogens is 2. The summed E-state index contributed by atoms with van der Waals surface area (Å²) in [4.78, 5) is 74.4. The number of imidazole rings is 2.